The molecule has 0 saturated heterocycles. The van der Waals surface area contributed by atoms with Gasteiger partial charge in [0.1, 0.15) is 5.78 Å². The normalized spacial score (nSPS) is 30.6. The molecule has 1 fully saturated rings. The van der Waals surface area contributed by atoms with E-state index in [0.29, 0.717) is 24.0 Å². The van der Waals surface area contributed by atoms with E-state index in [-0.39, 0.29) is 6.10 Å². The molecule has 0 amide bonds. The zero-order valence-electron chi connectivity index (χ0n) is 8.88. The van der Waals surface area contributed by atoms with Gasteiger partial charge in [0.15, 0.2) is 0 Å². The van der Waals surface area contributed by atoms with E-state index in [1.807, 2.05) is 0 Å². The minimum Gasteiger partial charge on any atom is -0.381 e. The molecule has 1 aliphatic carbocycles. The highest BCUT2D eigenvalue weighted by Crippen LogP contribution is 2.28. The first-order chi connectivity index (χ1) is 6.13. The molecule has 0 aromatic carbocycles. The summed E-state index contributed by atoms with van der Waals surface area (Å²) in [6, 6.07) is 0. The van der Waals surface area contributed by atoms with Gasteiger partial charge < -0.3 is 4.74 Å². The summed E-state index contributed by atoms with van der Waals surface area (Å²) in [6.45, 7) is 4.46. The smallest absolute Gasteiger partial charge is 0.135 e. The first kappa shape index (κ1) is 10.7. The average molecular weight is 184 g/mol. The highest BCUT2D eigenvalue weighted by Gasteiger charge is 2.25. The Bertz CT molecular complexity index is 175. The van der Waals surface area contributed by atoms with E-state index in [0.717, 1.165) is 19.3 Å². The summed E-state index contributed by atoms with van der Waals surface area (Å²) in [7, 11) is 1.71. The maximum atomic E-state index is 11.3. The molecule has 0 spiro atoms. The number of hydrogen-bond acceptors (Lipinski definition) is 2. The Hall–Kier alpha value is -0.370. The van der Waals surface area contributed by atoms with Crippen LogP contribution in [0.25, 0.3) is 0 Å². The van der Waals surface area contributed by atoms with E-state index in [9.17, 15) is 4.79 Å². The Labute approximate surface area is 80.7 Å². The molecule has 13 heavy (non-hydrogen) atoms. The molecule has 2 nitrogen and oxygen atoms in total. The molecule has 0 N–H and O–H groups in total. The summed E-state index contributed by atoms with van der Waals surface area (Å²) in [4.78, 5) is 11.3. The van der Waals surface area contributed by atoms with Gasteiger partial charge >= 0.3 is 0 Å². The molecule has 0 aliphatic heterocycles. The monoisotopic (exact) mass is 184 g/mol. The lowest BCUT2D eigenvalue weighted by molar-refractivity contribution is -0.120. The molecule has 0 bridgehead atoms. The Morgan fingerprint density at radius 3 is 2.69 bits per heavy atom. The van der Waals surface area contributed by atoms with Gasteiger partial charge in [-0.2, -0.15) is 0 Å². The molecular formula is C11H20O2. The van der Waals surface area contributed by atoms with Crippen molar-refractivity contribution in [2.75, 3.05) is 7.11 Å². The van der Waals surface area contributed by atoms with Crippen LogP contribution in [-0.4, -0.2) is 19.0 Å². The van der Waals surface area contributed by atoms with Crippen molar-refractivity contribution in [3.8, 4) is 0 Å². The van der Waals surface area contributed by atoms with Gasteiger partial charge in [-0.1, -0.05) is 13.8 Å². The van der Waals surface area contributed by atoms with Crippen LogP contribution in [0.15, 0.2) is 0 Å². The number of carbonyl (C=O) groups is 1. The second-order valence-corrected chi connectivity index (χ2v) is 4.38. The second kappa shape index (κ2) is 4.75. The average Bonchev–Trinajstić information content (AvgIpc) is 2.26. The minimum atomic E-state index is 0.169. The van der Waals surface area contributed by atoms with E-state index < -0.39 is 0 Å². The Morgan fingerprint density at radius 1 is 1.46 bits per heavy atom. The van der Waals surface area contributed by atoms with Crippen molar-refractivity contribution in [2.45, 2.75) is 45.6 Å². The number of methoxy groups -OCH3 is 1. The zero-order chi connectivity index (χ0) is 9.84. The molecular weight excluding hydrogens is 164 g/mol. The van der Waals surface area contributed by atoms with Crippen molar-refractivity contribution >= 4 is 5.78 Å². The van der Waals surface area contributed by atoms with E-state index in [2.05, 4.69) is 13.8 Å². The van der Waals surface area contributed by atoms with E-state index in [4.69, 9.17) is 4.74 Å². The second-order valence-electron chi connectivity index (χ2n) is 4.38. The molecule has 1 saturated carbocycles. The van der Waals surface area contributed by atoms with Gasteiger partial charge in [-0.3, -0.25) is 4.79 Å². The highest BCUT2D eigenvalue weighted by atomic mass is 16.5. The van der Waals surface area contributed by atoms with Gasteiger partial charge in [0.05, 0.1) is 6.10 Å². The fourth-order valence-electron chi connectivity index (χ4n) is 2.03. The van der Waals surface area contributed by atoms with E-state index in [1.54, 1.807) is 7.11 Å². The molecule has 1 unspecified atom stereocenters. The molecule has 0 aromatic rings. The van der Waals surface area contributed by atoms with Gasteiger partial charge in [-0.15, -0.1) is 0 Å². The molecule has 1 rings (SSSR count). The summed E-state index contributed by atoms with van der Waals surface area (Å²) in [5, 5.41) is 0. The zero-order valence-corrected chi connectivity index (χ0v) is 8.88. The minimum absolute atomic E-state index is 0.169. The van der Waals surface area contributed by atoms with Gasteiger partial charge in [0.2, 0.25) is 0 Å². The third-order valence-electron chi connectivity index (χ3n) is 3.09. The fourth-order valence-corrected chi connectivity index (χ4v) is 2.03. The highest BCUT2D eigenvalue weighted by molar-refractivity contribution is 5.79. The number of rotatable bonds is 2. The largest absolute Gasteiger partial charge is 0.381 e. The summed E-state index contributed by atoms with van der Waals surface area (Å²) in [5.41, 5.74) is 0. The number of hydrogen-bond donors (Lipinski definition) is 0. The number of ether oxygens (including phenoxy) is 1. The summed E-state index contributed by atoms with van der Waals surface area (Å²) in [5.74, 6) is 1.70. The number of ketones is 1. The maximum absolute atomic E-state index is 11.3. The van der Waals surface area contributed by atoms with Crippen molar-refractivity contribution in [1.29, 1.82) is 0 Å². The lowest BCUT2D eigenvalue weighted by Crippen LogP contribution is -2.18. The van der Waals surface area contributed by atoms with Crippen LogP contribution in [0, 0.1) is 11.8 Å². The van der Waals surface area contributed by atoms with Crippen LogP contribution in [0.3, 0.4) is 0 Å². The Balaban J connectivity index is 2.56. The molecule has 1 aliphatic rings. The quantitative estimate of drug-likeness (QED) is 0.616. The van der Waals surface area contributed by atoms with Crippen molar-refractivity contribution in [3.63, 3.8) is 0 Å². The van der Waals surface area contributed by atoms with E-state index >= 15 is 0 Å². The number of Topliss-reactive ketones (excluding diaryl/α,β-unsaturated/α-hetero) is 1. The molecule has 0 radical (unpaired) electrons. The van der Waals surface area contributed by atoms with Crippen LogP contribution >= 0.6 is 0 Å². The Morgan fingerprint density at radius 2 is 2.15 bits per heavy atom. The van der Waals surface area contributed by atoms with Crippen LogP contribution in [0.1, 0.15) is 39.5 Å². The van der Waals surface area contributed by atoms with Gasteiger partial charge in [-0.05, 0) is 24.7 Å². The van der Waals surface area contributed by atoms with Gasteiger partial charge in [0, 0.05) is 20.0 Å². The number of carbonyl (C=O) groups excluding carboxylic acids is 1. The van der Waals surface area contributed by atoms with Crippen LogP contribution in [0.4, 0.5) is 0 Å². The summed E-state index contributed by atoms with van der Waals surface area (Å²) >= 11 is 0. The first-order valence-corrected chi connectivity index (χ1v) is 5.18. The lowest BCUT2D eigenvalue weighted by Gasteiger charge is -2.21. The predicted molar refractivity (Wildman–Crippen MR) is 52.6 cm³/mol. The third-order valence-corrected chi connectivity index (χ3v) is 3.09. The van der Waals surface area contributed by atoms with E-state index in [1.165, 1.54) is 0 Å². The van der Waals surface area contributed by atoms with Crippen molar-refractivity contribution < 1.29 is 9.53 Å². The fraction of sp³-hybridized carbons (Fsp3) is 0.909. The van der Waals surface area contributed by atoms with Crippen molar-refractivity contribution in [1.82, 2.24) is 0 Å². The molecule has 2 atom stereocenters. The maximum Gasteiger partial charge on any atom is 0.135 e. The van der Waals surface area contributed by atoms with Crippen molar-refractivity contribution in [2.24, 2.45) is 11.8 Å². The Kier molecular flexibility index (Phi) is 3.91. The third kappa shape index (κ3) is 3.11. The predicted octanol–water partition coefficient (Wildman–Crippen LogP) is 2.42. The standard InChI is InChI=1S/C11H20O2/c1-8(2)9-4-5-10(12)7-11(6-9)13-3/h8-9,11H,4-7H2,1-3H3/t9-,11?/m1/s1. The summed E-state index contributed by atoms with van der Waals surface area (Å²) in [6.07, 6.45) is 3.65. The lowest BCUT2D eigenvalue weighted by atomic mass is 9.88. The molecule has 2 heteroatoms. The van der Waals surface area contributed by atoms with Crippen LogP contribution < -0.4 is 0 Å². The van der Waals surface area contributed by atoms with Crippen LogP contribution in [-0.2, 0) is 9.53 Å². The van der Waals surface area contributed by atoms with Crippen molar-refractivity contribution in [3.05, 3.63) is 0 Å². The topological polar surface area (TPSA) is 26.3 Å². The molecule has 0 aromatic heterocycles. The summed E-state index contributed by atoms with van der Waals surface area (Å²) < 4.78 is 5.30. The first-order valence-electron chi connectivity index (χ1n) is 5.18. The van der Waals surface area contributed by atoms with Gasteiger partial charge in [-0.25, -0.2) is 0 Å². The molecule has 0 heterocycles. The SMILES string of the molecule is COC1CC(=O)CC[C@@H](C(C)C)C1. The van der Waals surface area contributed by atoms with Crippen LogP contribution in [0.5, 0.6) is 0 Å². The van der Waals surface area contributed by atoms with Crippen LogP contribution in [0.2, 0.25) is 0 Å². The van der Waals surface area contributed by atoms with Gasteiger partial charge in [0.25, 0.3) is 0 Å². The molecule has 76 valence electrons.